The summed E-state index contributed by atoms with van der Waals surface area (Å²) >= 11 is 1.90. The minimum atomic E-state index is 0.776. The molecule has 0 bridgehead atoms. The maximum absolute atomic E-state index is 5.48. The highest BCUT2D eigenvalue weighted by Crippen LogP contribution is 2.36. The van der Waals surface area contributed by atoms with Gasteiger partial charge in [0, 0.05) is 17.5 Å². The highest BCUT2D eigenvalue weighted by Gasteiger charge is 2.19. The van der Waals surface area contributed by atoms with Crippen LogP contribution in [0.2, 0.25) is 0 Å². The van der Waals surface area contributed by atoms with Crippen molar-refractivity contribution < 1.29 is 0 Å². The first-order valence-electron chi connectivity index (χ1n) is 5.55. The topological polar surface area (TPSA) is 38.9 Å². The van der Waals surface area contributed by atoms with Crippen molar-refractivity contribution in [3.8, 4) is 0 Å². The monoisotopic (exact) mass is 210 g/mol. The summed E-state index contributed by atoms with van der Waals surface area (Å²) < 4.78 is 0. The van der Waals surface area contributed by atoms with Crippen LogP contribution < -0.4 is 5.73 Å². The largest absolute Gasteiger partial charge is 0.330 e. The molecule has 14 heavy (non-hydrogen) atoms. The average molecular weight is 210 g/mol. The second kappa shape index (κ2) is 4.89. The van der Waals surface area contributed by atoms with Crippen LogP contribution >= 0.6 is 11.3 Å². The lowest BCUT2D eigenvalue weighted by Crippen LogP contribution is -1.99. The number of nitrogens with two attached hydrogens (primary N) is 1. The fourth-order valence-electron chi connectivity index (χ4n) is 2.09. The Morgan fingerprint density at radius 2 is 2.21 bits per heavy atom. The quantitative estimate of drug-likeness (QED) is 0.830. The highest BCUT2D eigenvalue weighted by atomic mass is 32.1. The summed E-state index contributed by atoms with van der Waals surface area (Å²) in [4.78, 5) is 5.97. The molecule has 1 heterocycles. The van der Waals surface area contributed by atoms with Gasteiger partial charge in [0.1, 0.15) is 0 Å². The van der Waals surface area contributed by atoms with Crippen LogP contribution in [0, 0.1) is 0 Å². The lowest BCUT2D eigenvalue weighted by Gasteiger charge is -2.02. The molecule has 1 aliphatic carbocycles. The first-order chi connectivity index (χ1) is 6.90. The number of hydrogen-bond acceptors (Lipinski definition) is 3. The first-order valence-corrected chi connectivity index (χ1v) is 6.36. The second-order valence-electron chi connectivity index (χ2n) is 4.03. The van der Waals surface area contributed by atoms with E-state index in [1.165, 1.54) is 35.6 Å². The van der Waals surface area contributed by atoms with E-state index in [0.29, 0.717) is 0 Å². The van der Waals surface area contributed by atoms with E-state index >= 15 is 0 Å². The van der Waals surface area contributed by atoms with Gasteiger partial charge in [-0.3, -0.25) is 0 Å². The molecule has 0 unspecified atom stereocenters. The van der Waals surface area contributed by atoms with Crippen LogP contribution in [0.25, 0.3) is 0 Å². The number of aryl methyl sites for hydroxylation is 1. The summed E-state index contributed by atoms with van der Waals surface area (Å²) in [6.45, 7) is 0.776. The minimum absolute atomic E-state index is 0.776. The van der Waals surface area contributed by atoms with Crippen molar-refractivity contribution in [2.45, 2.75) is 44.4 Å². The van der Waals surface area contributed by atoms with Crippen molar-refractivity contribution in [2.24, 2.45) is 5.73 Å². The molecule has 0 amide bonds. The van der Waals surface area contributed by atoms with Crippen LogP contribution in [-0.4, -0.2) is 11.5 Å². The molecule has 0 radical (unpaired) electrons. The van der Waals surface area contributed by atoms with Crippen molar-refractivity contribution >= 4 is 11.3 Å². The first kappa shape index (κ1) is 10.1. The van der Waals surface area contributed by atoms with E-state index < -0.39 is 0 Å². The number of rotatable bonds is 4. The van der Waals surface area contributed by atoms with E-state index in [2.05, 4.69) is 11.2 Å². The molecule has 0 saturated heterocycles. The van der Waals surface area contributed by atoms with E-state index in [4.69, 9.17) is 5.73 Å². The molecule has 2 rings (SSSR count). The van der Waals surface area contributed by atoms with Gasteiger partial charge >= 0.3 is 0 Å². The highest BCUT2D eigenvalue weighted by molar-refractivity contribution is 7.11. The van der Waals surface area contributed by atoms with Gasteiger partial charge in [0.25, 0.3) is 0 Å². The van der Waals surface area contributed by atoms with Crippen LogP contribution in [0.1, 0.15) is 47.9 Å². The van der Waals surface area contributed by atoms with Crippen LogP contribution in [0.5, 0.6) is 0 Å². The zero-order valence-corrected chi connectivity index (χ0v) is 9.35. The van der Waals surface area contributed by atoms with Gasteiger partial charge in [0.05, 0.1) is 5.01 Å². The van der Waals surface area contributed by atoms with Gasteiger partial charge in [-0.15, -0.1) is 11.3 Å². The summed E-state index contributed by atoms with van der Waals surface area (Å²) in [5.41, 5.74) is 5.48. The molecule has 0 aliphatic heterocycles. The molecule has 0 spiro atoms. The molecule has 78 valence electrons. The number of nitrogens with zero attached hydrogens (tertiary/aromatic N) is 1. The molecule has 0 aromatic carbocycles. The Morgan fingerprint density at radius 3 is 2.93 bits per heavy atom. The third-order valence-electron chi connectivity index (χ3n) is 2.92. The predicted octanol–water partition coefficient (Wildman–Crippen LogP) is 2.69. The number of thiazole rings is 1. The lowest BCUT2D eigenvalue weighted by atomic mass is 10.1. The van der Waals surface area contributed by atoms with Crippen molar-refractivity contribution in [2.75, 3.05) is 6.54 Å². The smallest absolute Gasteiger partial charge is 0.0928 e. The van der Waals surface area contributed by atoms with Gasteiger partial charge in [-0.05, 0) is 31.7 Å². The predicted molar refractivity (Wildman–Crippen MR) is 60.7 cm³/mol. The van der Waals surface area contributed by atoms with Crippen LogP contribution in [-0.2, 0) is 6.42 Å². The van der Waals surface area contributed by atoms with Gasteiger partial charge in [-0.1, -0.05) is 12.8 Å². The average Bonchev–Trinajstić information content (AvgIpc) is 2.85. The summed E-state index contributed by atoms with van der Waals surface area (Å²) in [6, 6.07) is 0. The Morgan fingerprint density at radius 1 is 1.43 bits per heavy atom. The van der Waals surface area contributed by atoms with E-state index in [0.717, 1.165) is 25.3 Å². The number of aromatic nitrogens is 1. The number of hydrogen-bond donors (Lipinski definition) is 1. The maximum atomic E-state index is 5.48. The Labute approximate surface area is 89.5 Å². The molecule has 1 aromatic rings. The normalized spacial score (nSPS) is 17.8. The lowest BCUT2D eigenvalue weighted by molar-refractivity contribution is 0.736. The molecule has 2 N–H and O–H groups in total. The van der Waals surface area contributed by atoms with Gasteiger partial charge in [0.2, 0.25) is 0 Å². The van der Waals surface area contributed by atoms with E-state index in [9.17, 15) is 0 Å². The Balaban J connectivity index is 1.94. The summed E-state index contributed by atoms with van der Waals surface area (Å²) in [5, 5.41) is 1.28. The molecule has 1 fully saturated rings. The van der Waals surface area contributed by atoms with Crippen molar-refractivity contribution in [3.05, 3.63) is 16.1 Å². The third-order valence-corrected chi connectivity index (χ3v) is 4.14. The molecule has 3 heteroatoms. The molecule has 2 nitrogen and oxygen atoms in total. The zero-order valence-electron chi connectivity index (χ0n) is 8.54. The van der Waals surface area contributed by atoms with E-state index in [1.54, 1.807) is 0 Å². The van der Waals surface area contributed by atoms with Gasteiger partial charge in [0.15, 0.2) is 0 Å². The zero-order chi connectivity index (χ0) is 9.80. The standard InChI is InChI=1S/C11H18N2S/c12-7-3-6-11-13-8-10(14-11)9-4-1-2-5-9/h8-9H,1-7,12H2. The Bertz CT molecular complexity index is 277. The van der Waals surface area contributed by atoms with Gasteiger partial charge in [-0.25, -0.2) is 4.98 Å². The summed E-state index contributed by atoms with van der Waals surface area (Å²) in [7, 11) is 0. The molecule has 0 atom stereocenters. The van der Waals surface area contributed by atoms with Crippen LogP contribution in [0.4, 0.5) is 0 Å². The van der Waals surface area contributed by atoms with Crippen LogP contribution in [0.15, 0.2) is 6.20 Å². The fraction of sp³-hybridized carbons (Fsp3) is 0.727. The Kier molecular flexibility index (Phi) is 3.54. The van der Waals surface area contributed by atoms with Crippen molar-refractivity contribution in [1.29, 1.82) is 0 Å². The van der Waals surface area contributed by atoms with Crippen molar-refractivity contribution in [3.63, 3.8) is 0 Å². The van der Waals surface area contributed by atoms with Gasteiger partial charge < -0.3 is 5.73 Å². The second-order valence-corrected chi connectivity index (χ2v) is 5.18. The molecule has 1 aromatic heterocycles. The Hall–Kier alpha value is -0.410. The SMILES string of the molecule is NCCCc1ncc(C2CCCC2)s1. The minimum Gasteiger partial charge on any atom is -0.330 e. The summed E-state index contributed by atoms with van der Waals surface area (Å²) in [6.07, 6.45) is 9.77. The van der Waals surface area contributed by atoms with E-state index in [-0.39, 0.29) is 0 Å². The van der Waals surface area contributed by atoms with Crippen LogP contribution in [0.3, 0.4) is 0 Å². The third kappa shape index (κ3) is 2.34. The molecular formula is C11H18N2S. The molecule has 1 aliphatic rings. The summed E-state index contributed by atoms with van der Waals surface area (Å²) in [5.74, 6) is 0.819. The molecular weight excluding hydrogens is 192 g/mol. The molecule has 1 saturated carbocycles. The van der Waals surface area contributed by atoms with Crippen molar-refractivity contribution in [1.82, 2.24) is 4.98 Å². The maximum Gasteiger partial charge on any atom is 0.0928 e. The van der Waals surface area contributed by atoms with Gasteiger partial charge in [-0.2, -0.15) is 0 Å². The fourth-order valence-corrected chi connectivity index (χ4v) is 3.22. The van der Waals surface area contributed by atoms with E-state index in [1.807, 2.05) is 11.3 Å².